The van der Waals surface area contributed by atoms with Crippen molar-refractivity contribution in [2.45, 2.75) is 31.9 Å². The van der Waals surface area contributed by atoms with E-state index >= 15 is 0 Å². The Morgan fingerprint density at radius 1 is 1.17 bits per heavy atom. The molecule has 29 heavy (non-hydrogen) atoms. The van der Waals surface area contributed by atoms with Gasteiger partial charge in [-0.15, -0.1) is 10.2 Å². The summed E-state index contributed by atoms with van der Waals surface area (Å²) in [5.74, 6) is 2.22. The van der Waals surface area contributed by atoms with Crippen molar-refractivity contribution in [2.75, 3.05) is 5.32 Å². The van der Waals surface area contributed by atoms with E-state index in [0.29, 0.717) is 5.95 Å². The van der Waals surface area contributed by atoms with Gasteiger partial charge in [0.2, 0.25) is 5.95 Å². The van der Waals surface area contributed by atoms with Crippen LogP contribution in [-0.4, -0.2) is 40.0 Å². The lowest BCUT2D eigenvalue weighted by atomic mass is 10.0. The number of rotatable bonds is 5. The Morgan fingerprint density at radius 2 is 2.03 bits per heavy atom. The van der Waals surface area contributed by atoms with E-state index < -0.39 is 5.67 Å². The van der Waals surface area contributed by atoms with Crippen LogP contribution in [0.25, 0.3) is 16.9 Å². The normalized spacial score (nSPS) is 18.9. The van der Waals surface area contributed by atoms with Gasteiger partial charge in [-0.05, 0) is 38.5 Å². The van der Waals surface area contributed by atoms with Gasteiger partial charge >= 0.3 is 0 Å². The highest BCUT2D eigenvalue weighted by Gasteiger charge is 2.51. The first-order valence-electron chi connectivity index (χ1n) is 9.52. The predicted molar refractivity (Wildman–Crippen MR) is 107 cm³/mol. The fourth-order valence-electron chi connectivity index (χ4n) is 3.75. The molecule has 8 nitrogen and oxygen atoms in total. The van der Waals surface area contributed by atoms with Gasteiger partial charge in [-0.25, -0.2) is 14.4 Å². The molecule has 1 fully saturated rings. The topological polar surface area (TPSA) is 85.8 Å². The van der Waals surface area contributed by atoms with E-state index in [9.17, 15) is 4.39 Å². The molecule has 2 atom stereocenters. The standard InChI is InChI=1S/C20H21FN8/c1-20(2,21)14-11-13(14)18-27-26-17-10-12(6-9-29(17)18)15-4-7-22-19(24-15)25-16-5-8-23-28(16)3/h4-10,13-14H,11H2,1-3H3,(H,22,24,25)/t13-,14?/m0/s1. The number of nitrogens with one attached hydrogen (secondary N) is 1. The minimum absolute atomic E-state index is 0.00271. The van der Waals surface area contributed by atoms with Crippen molar-refractivity contribution >= 4 is 17.4 Å². The second-order valence-corrected chi connectivity index (χ2v) is 7.95. The average Bonchev–Trinajstić information content (AvgIpc) is 3.25. The fraction of sp³-hybridized carbons (Fsp3) is 0.350. The molecule has 0 radical (unpaired) electrons. The zero-order valence-electron chi connectivity index (χ0n) is 16.4. The van der Waals surface area contributed by atoms with Gasteiger partial charge in [-0.3, -0.25) is 9.08 Å². The number of halogens is 1. The summed E-state index contributed by atoms with van der Waals surface area (Å²) in [4.78, 5) is 8.87. The van der Waals surface area contributed by atoms with E-state index in [0.717, 1.165) is 35.0 Å². The number of aromatic nitrogens is 7. The highest BCUT2D eigenvalue weighted by atomic mass is 19.1. The Balaban J connectivity index is 1.43. The largest absolute Gasteiger partial charge is 0.309 e. The second-order valence-electron chi connectivity index (χ2n) is 7.95. The molecule has 1 aliphatic carbocycles. The lowest BCUT2D eigenvalue weighted by Crippen LogP contribution is -2.16. The van der Waals surface area contributed by atoms with Crippen LogP contribution >= 0.6 is 0 Å². The van der Waals surface area contributed by atoms with Crippen LogP contribution in [0, 0.1) is 5.92 Å². The molecule has 4 aromatic heterocycles. The maximum atomic E-state index is 14.2. The van der Waals surface area contributed by atoms with Gasteiger partial charge in [-0.1, -0.05) is 0 Å². The molecule has 1 unspecified atom stereocenters. The quantitative estimate of drug-likeness (QED) is 0.559. The van der Waals surface area contributed by atoms with E-state index in [1.165, 1.54) is 0 Å². The molecule has 0 amide bonds. The highest BCUT2D eigenvalue weighted by molar-refractivity contribution is 5.65. The monoisotopic (exact) mass is 392 g/mol. The van der Waals surface area contributed by atoms with E-state index in [1.807, 2.05) is 41.9 Å². The van der Waals surface area contributed by atoms with Gasteiger partial charge in [0.1, 0.15) is 17.3 Å². The van der Waals surface area contributed by atoms with Crippen LogP contribution in [0.1, 0.15) is 32.0 Å². The zero-order valence-corrected chi connectivity index (χ0v) is 16.4. The molecule has 0 aliphatic heterocycles. The first-order chi connectivity index (χ1) is 13.9. The Morgan fingerprint density at radius 3 is 2.76 bits per heavy atom. The molecule has 9 heteroatoms. The summed E-state index contributed by atoms with van der Waals surface area (Å²) < 4.78 is 17.9. The van der Waals surface area contributed by atoms with E-state index in [2.05, 4.69) is 30.6 Å². The first-order valence-corrected chi connectivity index (χ1v) is 9.52. The van der Waals surface area contributed by atoms with E-state index in [-0.39, 0.29) is 11.8 Å². The fourth-order valence-corrected chi connectivity index (χ4v) is 3.75. The number of aryl methyl sites for hydroxylation is 1. The van der Waals surface area contributed by atoms with Crippen LogP contribution in [0.3, 0.4) is 0 Å². The van der Waals surface area contributed by atoms with Crippen LogP contribution < -0.4 is 5.32 Å². The molecule has 0 aromatic carbocycles. The number of anilines is 2. The van der Waals surface area contributed by atoms with E-state index in [1.54, 1.807) is 30.9 Å². The minimum atomic E-state index is -1.20. The van der Waals surface area contributed by atoms with Crippen LogP contribution in [0.4, 0.5) is 16.2 Å². The molecular weight excluding hydrogens is 371 g/mol. The third-order valence-corrected chi connectivity index (χ3v) is 5.45. The summed E-state index contributed by atoms with van der Waals surface area (Å²) in [7, 11) is 1.84. The molecule has 0 saturated heterocycles. The number of pyridine rings is 1. The summed E-state index contributed by atoms with van der Waals surface area (Å²) in [5, 5.41) is 15.9. The smallest absolute Gasteiger partial charge is 0.228 e. The predicted octanol–water partition coefficient (Wildman–Crippen LogP) is 3.52. The van der Waals surface area contributed by atoms with Crippen molar-refractivity contribution in [1.82, 2.24) is 34.3 Å². The molecule has 5 rings (SSSR count). The van der Waals surface area contributed by atoms with Crippen molar-refractivity contribution in [2.24, 2.45) is 13.0 Å². The number of alkyl halides is 1. The molecule has 4 heterocycles. The van der Waals surface area contributed by atoms with E-state index in [4.69, 9.17) is 0 Å². The Hall–Kier alpha value is -3.36. The zero-order chi connectivity index (χ0) is 20.2. The van der Waals surface area contributed by atoms with Gasteiger partial charge in [0.25, 0.3) is 0 Å². The van der Waals surface area contributed by atoms with Gasteiger partial charge < -0.3 is 5.32 Å². The van der Waals surface area contributed by atoms with Gasteiger partial charge in [0, 0.05) is 42.9 Å². The average molecular weight is 392 g/mol. The Kier molecular flexibility index (Phi) is 3.87. The highest BCUT2D eigenvalue weighted by Crippen LogP contribution is 2.54. The number of hydrogen-bond acceptors (Lipinski definition) is 6. The van der Waals surface area contributed by atoms with Gasteiger partial charge in [0.15, 0.2) is 5.65 Å². The van der Waals surface area contributed by atoms with Gasteiger partial charge in [0.05, 0.1) is 11.9 Å². The first kappa shape index (κ1) is 17.7. The molecule has 1 saturated carbocycles. The maximum absolute atomic E-state index is 14.2. The summed E-state index contributed by atoms with van der Waals surface area (Å²) in [6.45, 7) is 3.26. The number of fused-ring (bicyclic) bond motifs is 1. The third-order valence-electron chi connectivity index (χ3n) is 5.45. The molecule has 4 aromatic rings. The van der Waals surface area contributed by atoms with Crippen LogP contribution in [0.5, 0.6) is 0 Å². The Bertz CT molecular complexity index is 1190. The molecule has 0 spiro atoms. The lowest BCUT2D eigenvalue weighted by Gasteiger charge is -2.12. The van der Waals surface area contributed by atoms with Crippen LogP contribution in [-0.2, 0) is 7.05 Å². The summed E-state index contributed by atoms with van der Waals surface area (Å²) in [5.41, 5.74) is 1.20. The minimum Gasteiger partial charge on any atom is -0.309 e. The molecule has 1 aliphatic rings. The third kappa shape index (κ3) is 3.22. The SMILES string of the molecule is Cn1nccc1Nc1nccc(-c2ccn3c([C@H]4CC4C(C)(C)F)nnc3c2)n1. The summed E-state index contributed by atoms with van der Waals surface area (Å²) in [6.07, 6.45) is 6.15. The number of nitrogens with zero attached hydrogens (tertiary/aromatic N) is 7. The maximum Gasteiger partial charge on any atom is 0.228 e. The Labute approximate surface area is 166 Å². The van der Waals surface area contributed by atoms with Crippen molar-refractivity contribution < 1.29 is 4.39 Å². The lowest BCUT2D eigenvalue weighted by molar-refractivity contribution is 0.179. The second kappa shape index (κ2) is 6.33. The van der Waals surface area contributed by atoms with Crippen molar-refractivity contribution in [3.8, 4) is 11.3 Å². The van der Waals surface area contributed by atoms with Crippen molar-refractivity contribution in [3.63, 3.8) is 0 Å². The molecule has 1 N–H and O–H groups in total. The summed E-state index contributed by atoms with van der Waals surface area (Å²) >= 11 is 0. The van der Waals surface area contributed by atoms with Crippen molar-refractivity contribution in [1.29, 1.82) is 0 Å². The van der Waals surface area contributed by atoms with Gasteiger partial charge in [-0.2, -0.15) is 5.10 Å². The van der Waals surface area contributed by atoms with Crippen molar-refractivity contribution in [3.05, 3.63) is 48.7 Å². The molecule has 0 bridgehead atoms. The molecular formula is C20H21FN8. The summed E-state index contributed by atoms with van der Waals surface area (Å²) in [6, 6.07) is 7.60. The van der Waals surface area contributed by atoms with Crippen LogP contribution in [0.15, 0.2) is 42.9 Å². The number of hydrogen-bond donors (Lipinski definition) is 1. The molecule has 148 valence electrons. The van der Waals surface area contributed by atoms with Crippen LogP contribution in [0.2, 0.25) is 0 Å².